The largest absolute Gasteiger partial charge is 0.456 e. The lowest BCUT2D eigenvalue weighted by Gasteiger charge is -2.12. The molecule has 0 amide bonds. The number of benzene rings is 8. The Bertz CT molecular complexity index is 3190. The van der Waals surface area contributed by atoms with E-state index in [-0.39, 0.29) is 0 Å². The molecule has 0 aliphatic heterocycles. The highest BCUT2D eigenvalue weighted by molar-refractivity contribution is 7.25. The summed E-state index contributed by atoms with van der Waals surface area (Å²) in [5, 5.41) is 9.40. The molecule has 0 bridgehead atoms. The molecular weight excluding hydrogens is 655 g/mol. The Morgan fingerprint density at radius 3 is 1.88 bits per heavy atom. The third kappa shape index (κ3) is 4.57. The number of furan rings is 1. The van der Waals surface area contributed by atoms with Gasteiger partial charge in [0.2, 0.25) is 0 Å². The predicted molar refractivity (Wildman–Crippen MR) is 217 cm³/mol. The summed E-state index contributed by atoms with van der Waals surface area (Å²) in [6, 6.07) is 57.4. The number of fused-ring (bicyclic) bond motifs is 9. The molecule has 0 aliphatic carbocycles. The predicted octanol–water partition coefficient (Wildman–Crippen LogP) is 13.1. The summed E-state index contributed by atoms with van der Waals surface area (Å²) in [5.74, 6) is 1.93. The second-order valence-electron chi connectivity index (χ2n) is 13.2. The number of hydrogen-bond acceptors (Lipinski definition) is 5. The number of aromatic nitrogens is 3. The first-order valence-electron chi connectivity index (χ1n) is 17.3. The topological polar surface area (TPSA) is 51.8 Å². The highest BCUT2D eigenvalue weighted by Gasteiger charge is 2.18. The number of nitrogens with zero attached hydrogens (tertiary/aromatic N) is 3. The minimum absolute atomic E-state index is 0.632. The Kier molecular flexibility index (Phi) is 6.39. The highest BCUT2D eigenvalue weighted by atomic mass is 32.1. The first-order valence-corrected chi connectivity index (χ1v) is 18.2. The molecule has 0 fully saturated rings. The van der Waals surface area contributed by atoms with Crippen LogP contribution in [0.3, 0.4) is 0 Å². The summed E-state index contributed by atoms with van der Waals surface area (Å²) in [6.45, 7) is 0. The van der Waals surface area contributed by atoms with Crippen molar-refractivity contribution in [2.24, 2.45) is 0 Å². The minimum Gasteiger partial charge on any atom is -0.456 e. The Balaban J connectivity index is 1.10. The molecule has 11 rings (SSSR count). The summed E-state index contributed by atoms with van der Waals surface area (Å²) in [7, 11) is 0. The van der Waals surface area contributed by atoms with E-state index in [0.29, 0.717) is 17.5 Å². The van der Waals surface area contributed by atoms with Gasteiger partial charge >= 0.3 is 0 Å². The minimum atomic E-state index is 0.632. The number of hydrogen-bond donors (Lipinski definition) is 0. The molecule has 0 N–H and O–H groups in total. The van der Waals surface area contributed by atoms with Crippen molar-refractivity contribution in [2.45, 2.75) is 0 Å². The molecule has 242 valence electrons. The van der Waals surface area contributed by atoms with Crippen molar-refractivity contribution in [3.63, 3.8) is 0 Å². The molecular formula is C47H27N3OS. The zero-order valence-corrected chi connectivity index (χ0v) is 28.6. The van der Waals surface area contributed by atoms with E-state index < -0.39 is 0 Å². The average molecular weight is 682 g/mol. The van der Waals surface area contributed by atoms with E-state index in [2.05, 4.69) is 146 Å². The molecule has 3 heterocycles. The molecule has 0 spiro atoms. The maximum Gasteiger partial charge on any atom is 0.164 e. The van der Waals surface area contributed by atoms with Gasteiger partial charge in [-0.1, -0.05) is 140 Å². The van der Waals surface area contributed by atoms with Crippen LogP contribution in [0.2, 0.25) is 0 Å². The Hall–Kier alpha value is -6.69. The second kappa shape index (κ2) is 11.4. The standard InChI is InChI=1S/C47H27N3OS/c1-2-11-33-28(9-1)19-22-30-10-7-15-38(43(30)33)47-49-45(48-46(50-47)32-25-26-36-35-12-4-6-18-41(35)52-42(36)27-32)31-23-20-29(21-24-31)34-14-8-17-40-44(34)37-13-3-5-16-39(37)51-40/h1-27H. The van der Waals surface area contributed by atoms with Gasteiger partial charge < -0.3 is 4.42 Å². The van der Waals surface area contributed by atoms with Crippen molar-refractivity contribution in [1.82, 2.24) is 15.0 Å². The lowest BCUT2D eigenvalue weighted by molar-refractivity contribution is 0.669. The third-order valence-corrected chi connectivity index (χ3v) is 11.3. The van der Waals surface area contributed by atoms with Gasteiger partial charge in [-0.05, 0) is 51.6 Å². The molecule has 0 unspecified atom stereocenters. The Labute approximate surface area is 302 Å². The Morgan fingerprint density at radius 1 is 0.365 bits per heavy atom. The van der Waals surface area contributed by atoms with Crippen molar-refractivity contribution in [2.75, 3.05) is 0 Å². The summed E-state index contributed by atoms with van der Waals surface area (Å²) >= 11 is 1.80. The van der Waals surface area contributed by atoms with E-state index in [9.17, 15) is 0 Å². The number of para-hydroxylation sites is 1. The zero-order valence-electron chi connectivity index (χ0n) is 27.7. The van der Waals surface area contributed by atoms with E-state index in [1.165, 1.54) is 30.9 Å². The molecule has 0 saturated carbocycles. The lowest BCUT2D eigenvalue weighted by atomic mass is 9.97. The molecule has 8 aromatic carbocycles. The van der Waals surface area contributed by atoms with Crippen molar-refractivity contribution in [3.8, 4) is 45.3 Å². The van der Waals surface area contributed by atoms with Crippen LogP contribution in [0.4, 0.5) is 0 Å². The van der Waals surface area contributed by atoms with E-state index in [1.54, 1.807) is 11.3 Å². The number of thiophene rings is 1. The van der Waals surface area contributed by atoms with Crippen LogP contribution in [0.5, 0.6) is 0 Å². The molecule has 3 aromatic heterocycles. The van der Waals surface area contributed by atoms with Crippen molar-refractivity contribution >= 4 is 75.0 Å². The molecule has 0 radical (unpaired) electrons. The quantitative estimate of drug-likeness (QED) is 0.174. The maximum absolute atomic E-state index is 6.19. The molecule has 0 aliphatic rings. The maximum atomic E-state index is 6.19. The lowest BCUT2D eigenvalue weighted by Crippen LogP contribution is -2.00. The second-order valence-corrected chi connectivity index (χ2v) is 14.2. The van der Waals surface area contributed by atoms with Gasteiger partial charge in [0.1, 0.15) is 11.2 Å². The number of rotatable bonds is 4. The van der Waals surface area contributed by atoms with Gasteiger partial charge in [0, 0.05) is 53.0 Å². The van der Waals surface area contributed by atoms with E-state index in [4.69, 9.17) is 19.4 Å². The van der Waals surface area contributed by atoms with E-state index in [1.807, 2.05) is 18.2 Å². The SMILES string of the molecule is c1ccc2c(c1)ccc1cccc(-c3nc(-c4ccc(-c5cccc6oc7ccccc7c56)cc4)nc(-c4ccc5c(c4)sc4ccccc45)n3)c12. The molecule has 52 heavy (non-hydrogen) atoms. The highest BCUT2D eigenvalue weighted by Crippen LogP contribution is 2.39. The van der Waals surface area contributed by atoms with Crippen LogP contribution < -0.4 is 0 Å². The van der Waals surface area contributed by atoms with Gasteiger partial charge in [-0.15, -0.1) is 11.3 Å². The summed E-state index contributed by atoms with van der Waals surface area (Å²) in [6.07, 6.45) is 0. The van der Waals surface area contributed by atoms with Crippen LogP contribution in [0.25, 0.3) is 109 Å². The van der Waals surface area contributed by atoms with Gasteiger partial charge in [0.05, 0.1) is 0 Å². The van der Waals surface area contributed by atoms with Gasteiger partial charge in [0.15, 0.2) is 17.5 Å². The smallest absolute Gasteiger partial charge is 0.164 e. The van der Waals surface area contributed by atoms with Gasteiger partial charge in [0.25, 0.3) is 0 Å². The zero-order chi connectivity index (χ0) is 34.2. The van der Waals surface area contributed by atoms with Crippen LogP contribution in [-0.4, -0.2) is 15.0 Å². The summed E-state index contributed by atoms with van der Waals surface area (Å²) < 4.78 is 8.68. The van der Waals surface area contributed by atoms with Crippen molar-refractivity contribution < 1.29 is 4.42 Å². The fourth-order valence-corrected chi connectivity index (χ4v) is 8.82. The fraction of sp³-hybridized carbons (Fsp3) is 0. The van der Waals surface area contributed by atoms with Gasteiger partial charge in [-0.2, -0.15) is 0 Å². The molecule has 11 aromatic rings. The normalized spacial score (nSPS) is 11.8. The summed E-state index contributed by atoms with van der Waals surface area (Å²) in [5.41, 5.74) is 6.87. The van der Waals surface area contributed by atoms with Crippen LogP contribution in [0.1, 0.15) is 0 Å². The fourth-order valence-electron chi connectivity index (χ4n) is 7.68. The van der Waals surface area contributed by atoms with Crippen molar-refractivity contribution in [3.05, 3.63) is 164 Å². The summed E-state index contributed by atoms with van der Waals surface area (Å²) in [4.78, 5) is 15.6. The van der Waals surface area contributed by atoms with E-state index in [0.717, 1.165) is 60.5 Å². The first kappa shape index (κ1) is 29.1. The molecule has 4 nitrogen and oxygen atoms in total. The average Bonchev–Trinajstić information content (AvgIpc) is 3.78. The van der Waals surface area contributed by atoms with Gasteiger partial charge in [-0.3, -0.25) is 0 Å². The Morgan fingerprint density at radius 2 is 0.981 bits per heavy atom. The van der Waals surface area contributed by atoms with Crippen molar-refractivity contribution in [1.29, 1.82) is 0 Å². The third-order valence-electron chi connectivity index (χ3n) is 10.1. The van der Waals surface area contributed by atoms with Crippen LogP contribution in [-0.2, 0) is 0 Å². The molecule has 5 heteroatoms. The molecule has 0 saturated heterocycles. The van der Waals surface area contributed by atoms with E-state index >= 15 is 0 Å². The first-order chi connectivity index (χ1) is 25.7. The van der Waals surface area contributed by atoms with Crippen LogP contribution >= 0.6 is 11.3 Å². The van der Waals surface area contributed by atoms with Gasteiger partial charge in [-0.25, -0.2) is 15.0 Å². The monoisotopic (exact) mass is 681 g/mol. The van der Waals surface area contributed by atoms with Crippen LogP contribution in [0, 0.1) is 0 Å². The molecule has 0 atom stereocenters. The van der Waals surface area contributed by atoms with Crippen LogP contribution in [0.15, 0.2) is 168 Å².